The molecule has 0 aliphatic rings. The Bertz CT molecular complexity index is 1590. The van der Waals surface area contributed by atoms with Gasteiger partial charge in [-0.25, -0.2) is 9.78 Å². The average molecular weight is 503 g/mol. The highest BCUT2D eigenvalue weighted by Crippen LogP contribution is 2.15. The number of fused-ring (bicyclic) bond motifs is 1. The number of carbonyl (C=O) groups excluding carboxylic acids is 2. The summed E-state index contributed by atoms with van der Waals surface area (Å²) in [5.74, 6) is -1.40. The summed E-state index contributed by atoms with van der Waals surface area (Å²) in [5.41, 5.74) is -0.0169. The largest absolute Gasteiger partial charge is 0.454 e. The number of aryl methyl sites for hydroxylation is 1. The maximum Gasteiger partial charge on any atom is 0.332 e. The number of halogens is 1. The molecule has 4 aromatic rings. The Hall–Kier alpha value is -3.77. The summed E-state index contributed by atoms with van der Waals surface area (Å²) >= 11 is 7.47. The minimum absolute atomic E-state index is 0.0803. The van der Waals surface area contributed by atoms with Gasteiger partial charge in [-0.2, -0.15) is 4.99 Å². The highest BCUT2D eigenvalue weighted by atomic mass is 35.5. The third-order valence-electron chi connectivity index (χ3n) is 5.05. The van der Waals surface area contributed by atoms with Crippen LogP contribution in [0.3, 0.4) is 0 Å². The van der Waals surface area contributed by atoms with Crippen molar-refractivity contribution in [2.75, 3.05) is 6.61 Å². The van der Waals surface area contributed by atoms with E-state index in [-0.39, 0.29) is 17.7 Å². The van der Waals surface area contributed by atoms with Crippen molar-refractivity contribution in [3.63, 3.8) is 0 Å². The van der Waals surface area contributed by atoms with Crippen molar-refractivity contribution < 1.29 is 14.3 Å². The summed E-state index contributed by atoms with van der Waals surface area (Å²) in [5, 5.41) is 2.39. The van der Waals surface area contributed by atoms with Crippen molar-refractivity contribution in [2.45, 2.75) is 13.1 Å². The third kappa shape index (κ3) is 4.63. The summed E-state index contributed by atoms with van der Waals surface area (Å²) in [6.07, 6.45) is 3.05. The minimum Gasteiger partial charge on any atom is -0.454 e. The normalized spacial score (nSPS) is 11.8. The van der Waals surface area contributed by atoms with Crippen molar-refractivity contribution in [1.82, 2.24) is 23.3 Å². The van der Waals surface area contributed by atoms with Gasteiger partial charge in [-0.1, -0.05) is 29.8 Å². The molecule has 1 aromatic carbocycles. The lowest BCUT2D eigenvalue weighted by Crippen LogP contribution is -2.37. The molecule has 0 N–H and O–H groups in total. The first-order valence-corrected chi connectivity index (χ1v) is 11.2. The van der Waals surface area contributed by atoms with Gasteiger partial charge in [0.05, 0.1) is 12.9 Å². The number of esters is 1. The van der Waals surface area contributed by atoms with Crippen LogP contribution in [-0.2, 0) is 41.5 Å². The van der Waals surface area contributed by atoms with Gasteiger partial charge in [0.1, 0.15) is 6.54 Å². The van der Waals surface area contributed by atoms with E-state index in [9.17, 15) is 19.2 Å². The summed E-state index contributed by atoms with van der Waals surface area (Å²) in [4.78, 5) is 57.6. The van der Waals surface area contributed by atoms with Crippen LogP contribution < -0.4 is 16.1 Å². The lowest BCUT2D eigenvalue weighted by atomic mass is 10.2. The van der Waals surface area contributed by atoms with Crippen LogP contribution in [-0.4, -0.2) is 41.7 Å². The smallest absolute Gasteiger partial charge is 0.332 e. The first-order valence-electron chi connectivity index (χ1n) is 9.97. The van der Waals surface area contributed by atoms with E-state index in [0.29, 0.717) is 16.4 Å². The number of amides is 1. The summed E-state index contributed by atoms with van der Waals surface area (Å²) in [7, 11) is 2.81. The maximum absolute atomic E-state index is 12.5. The van der Waals surface area contributed by atoms with E-state index in [4.69, 9.17) is 16.3 Å². The Morgan fingerprint density at radius 3 is 2.68 bits per heavy atom. The Labute approximate surface area is 200 Å². The summed E-state index contributed by atoms with van der Waals surface area (Å²) in [6.45, 7) is -0.491. The fraction of sp³-hybridized carbons (Fsp3) is 0.238. The number of hydrogen-bond acceptors (Lipinski definition) is 7. The van der Waals surface area contributed by atoms with E-state index in [1.54, 1.807) is 22.2 Å². The first kappa shape index (κ1) is 23.4. The molecule has 3 aromatic heterocycles. The number of hydrogen-bond donors (Lipinski definition) is 0. The average Bonchev–Trinajstić information content (AvgIpc) is 3.43. The van der Waals surface area contributed by atoms with Gasteiger partial charge in [0.2, 0.25) is 0 Å². The lowest BCUT2D eigenvalue weighted by Gasteiger charge is -2.07. The Morgan fingerprint density at radius 1 is 1.15 bits per heavy atom. The number of carbonyl (C=O) groups is 2. The lowest BCUT2D eigenvalue weighted by molar-refractivity contribution is -0.148. The number of imidazole rings is 1. The number of benzene rings is 1. The van der Waals surface area contributed by atoms with Crippen LogP contribution >= 0.6 is 22.9 Å². The van der Waals surface area contributed by atoms with Gasteiger partial charge in [-0.3, -0.25) is 23.5 Å². The highest BCUT2D eigenvalue weighted by Gasteiger charge is 2.17. The first-order chi connectivity index (χ1) is 16.3. The summed E-state index contributed by atoms with van der Waals surface area (Å²) in [6, 6.07) is 7.36. The zero-order chi connectivity index (χ0) is 24.4. The van der Waals surface area contributed by atoms with Gasteiger partial charge in [-0.05, 0) is 11.6 Å². The van der Waals surface area contributed by atoms with Crippen LogP contribution in [0.25, 0.3) is 11.2 Å². The summed E-state index contributed by atoms with van der Waals surface area (Å²) < 4.78 is 10.2. The topological polar surface area (TPSA) is 122 Å². The van der Waals surface area contributed by atoms with Crippen molar-refractivity contribution in [3.8, 4) is 0 Å². The van der Waals surface area contributed by atoms with Crippen LogP contribution in [0, 0.1) is 0 Å². The molecule has 0 aliphatic carbocycles. The van der Waals surface area contributed by atoms with Crippen molar-refractivity contribution >= 4 is 46.0 Å². The molecule has 176 valence electrons. The van der Waals surface area contributed by atoms with Gasteiger partial charge in [0.25, 0.3) is 11.5 Å². The molecule has 13 heteroatoms. The van der Waals surface area contributed by atoms with Crippen LogP contribution in [0.4, 0.5) is 0 Å². The van der Waals surface area contributed by atoms with E-state index >= 15 is 0 Å². The molecular weight excluding hydrogens is 484 g/mol. The fourth-order valence-electron chi connectivity index (χ4n) is 3.30. The molecule has 34 heavy (non-hydrogen) atoms. The van der Waals surface area contributed by atoms with Crippen LogP contribution in [0.1, 0.15) is 5.56 Å². The van der Waals surface area contributed by atoms with E-state index in [1.807, 2.05) is 18.2 Å². The number of thiazole rings is 1. The molecule has 11 nitrogen and oxygen atoms in total. The van der Waals surface area contributed by atoms with Crippen LogP contribution in [0.2, 0.25) is 5.02 Å². The molecule has 3 heterocycles. The molecule has 0 atom stereocenters. The van der Waals surface area contributed by atoms with Gasteiger partial charge < -0.3 is 13.9 Å². The zero-order valence-corrected chi connectivity index (χ0v) is 19.7. The standard InChI is InChI=1S/C21H19ClN6O5S/c1-25-18-17(19(31)26(2)21(25)32)28(12-23-18)10-16(30)33-11-15(29)24-20-27(7-8-34-20)9-13-5-3-4-6-14(13)22/h3-8,12H,9-11H2,1-2H3. The van der Waals surface area contributed by atoms with Crippen molar-refractivity contribution in [2.24, 2.45) is 19.1 Å². The predicted molar refractivity (Wildman–Crippen MR) is 125 cm³/mol. The quantitative estimate of drug-likeness (QED) is 0.357. The monoisotopic (exact) mass is 502 g/mol. The van der Waals surface area contributed by atoms with Gasteiger partial charge in [0.15, 0.2) is 22.6 Å². The van der Waals surface area contributed by atoms with Crippen molar-refractivity contribution in [3.05, 3.63) is 78.4 Å². The fourth-order valence-corrected chi connectivity index (χ4v) is 4.24. The number of ether oxygens (including phenoxy) is 1. The molecule has 0 bridgehead atoms. The molecule has 0 spiro atoms. The second-order valence-electron chi connectivity index (χ2n) is 7.32. The Morgan fingerprint density at radius 2 is 1.91 bits per heavy atom. The molecule has 0 radical (unpaired) electrons. The molecule has 4 rings (SSSR count). The van der Waals surface area contributed by atoms with Gasteiger partial charge in [-0.15, -0.1) is 11.3 Å². The molecule has 0 unspecified atom stereocenters. The predicted octanol–water partition coefficient (Wildman–Crippen LogP) is 0.669. The number of nitrogens with zero attached hydrogens (tertiary/aromatic N) is 6. The van der Waals surface area contributed by atoms with Gasteiger partial charge >= 0.3 is 11.7 Å². The molecular formula is C21H19ClN6O5S. The maximum atomic E-state index is 12.5. The minimum atomic E-state index is -0.756. The Kier molecular flexibility index (Phi) is 6.61. The Balaban J connectivity index is 1.44. The molecule has 0 saturated heterocycles. The van der Waals surface area contributed by atoms with Crippen molar-refractivity contribution in [1.29, 1.82) is 0 Å². The molecule has 0 saturated carbocycles. The van der Waals surface area contributed by atoms with Crippen LogP contribution in [0.15, 0.2) is 56.8 Å². The molecule has 0 fully saturated rings. The van der Waals surface area contributed by atoms with Gasteiger partial charge in [0, 0.05) is 30.7 Å². The van der Waals surface area contributed by atoms with E-state index in [2.05, 4.69) is 9.98 Å². The third-order valence-corrected chi connectivity index (χ3v) is 6.22. The number of rotatable bonds is 6. The SMILES string of the molecule is Cn1c(=O)c2c(ncn2CC(=O)OCC(=O)N=c2sccn2Cc2ccccc2Cl)n(C)c1=O. The second-order valence-corrected chi connectivity index (χ2v) is 8.60. The molecule has 1 amide bonds. The second kappa shape index (κ2) is 9.61. The highest BCUT2D eigenvalue weighted by molar-refractivity contribution is 7.07. The molecule has 0 aliphatic heterocycles. The number of aromatic nitrogens is 5. The van der Waals surface area contributed by atoms with E-state index in [0.717, 1.165) is 10.1 Å². The zero-order valence-electron chi connectivity index (χ0n) is 18.2. The van der Waals surface area contributed by atoms with E-state index in [1.165, 1.54) is 40.9 Å². The van der Waals surface area contributed by atoms with Crippen LogP contribution in [0.5, 0.6) is 0 Å². The van der Waals surface area contributed by atoms with E-state index < -0.39 is 29.7 Å².